The van der Waals surface area contributed by atoms with Crippen molar-refractivity contribution in [2.24, 2.45) is 0 Å². The number of carbonyl (C=O) groups excluding carboxylic acids is 1. The number of nitrogens with one attached hydrogen (secondary N) is 1. The lowest BCUT2D eigenvalue weighted by Crippen LogP contribution is -2.20. The number of fused-ring (bicyclic) bond motifs is 1. The van der Waals surface area contributed by atoms with Crippen molar-refractivity contribution in [3.05, 3.63) is 92.2 Å². The zero-order valence-corrected chi connectivity index (χ0v) is 15.5. The Morgan fingerprint density at radius 2 is 1.93 bits per heavy atom. The van der Waals surface area contributed by atoms with Crippen molar-refractivity contribution in [3.63, 3.8) is 0 Å². The van der Waals surface area contributed by atoms with Gasteiger partial charge in [0.1, 0.15) is 11.1 Å². The first-order valence-electron chi connectivity index (χ1n) is 8.12. The zero-order chi connectivity index (χ0) is 18.8. The predicted molar refractivity (Wildman–Crippen MR) is 107 cm³/mol. The Kier molecular flexibility index (Phi) is 4.75. The lowest BCUT2D eigenvalue weighted by molar-refractivity contribution is 0.102. The second-order valence-corrected chi connectivity index (χ2v) is 7.43. The van der Waals surface area contributed by atoms with E-state index in [9.17, 15) is 9.59 Å². The molecule has 2 aromatic heterocycles. The first-order chi connectivity index (χ1) is 13.1. The number of aromatic nitrogens is 1. The third kappa shape index (κ3) is 3.92. The van der Waals surface area contributed by atoms with Crippen LogP contribution in [-0.2, 0) is 6.42 Å². The van der Waals surface area contributed by atoms with E-state index in [0.29, 0.717) is 27.5 Å². The van der Waals surface area contributed by atoms with E-state index in [4.69, 9.17) is 16.0 Å². The largest absolute Gasteiger partial charge is 0.422 e. The summed E-state index contributed by atoms with van der Waals surface area (Å²) in [4.78, 5) is 29.7. The SMILES string of the molecule is O=C(Nc1ncc(Cc2ccc(Cl)cc2)s1)c1cc2ccccc2oc1=O. The molecule has 0 aliphatic carbocycles. The molecule has 0 saturated heterocycles. The minimum Gasteiger partial charge on any atom is -0.422 e. The summed E-state index contributed by atoms with van der Waals surface area (Å²) in [5.74, 6) is -0.540. The highest BCUT2D eigenvalue weighted by Crippen LogP contribution is 2.22. The van der Waals surface area contributed by atoms with Gasteiger partial charge in [-0.2, -0.15) is 0 Å². The number of thiazole rings is 1. The van der Waals surface area contributed by atoms with Crippen molar-refractivity contribution in [1.82, 2.24) is 4.98 Å². The fraction of sp³-hybridized carbons (Fsp3) is 0.0500. The van der Waals surface area contributed by atoms with E-state index in [1.807, 2.05) is 30.3 Å². The molecule has 0 aliphatic heterocycles. The number of hydrogen-bond acceptors (Lipinski definition) is 5. The van der Waals surface area contributed by atoms with Crippen LogP contribution in [0.4, 0.5) is 5.13 Å². The van der Waals surface area contributed by atoms with Crippen LogP contribution in [0.15, 0.2) is 70.0 Å². The van der Waals surface area contributed by atoms with Crippen LogP contribution in [0.25, 0.3) is 11.0 Å². The maximum absolute atomic E-state index is 12.5. The highest BCUT2D eigenvalue weighted by atomic mass is 35.5. The number of hydrogen-bond donors (Lipinski definition) is 1. The molecule has 0 unspecified atom stereocenters. The molecule has 1 amide bonds. The number of para-hydroxylation sites is 1. The first-order valence-corrected chi connectivity index (χ1v) is 9.31. The number of nitrogens with zero attached hydrogens (tertiary/aromatic N) is 1. The monoisotopic (exact) mass is 396 g/mol. The van der Waals surface area contributed by atoms with E-state index in [2.05, 4.69) is 10.3 Å². The average Bonchev–Trinajstić information content (AvgIpc) is 3.09. The summed E-state index contributed by atoms with van der Waals surface area (Å²) in [6.45, 7) is 0. The first kappa shape index (κ1) is 17.5. The second-order valence-electron chi connectivity index (χ2n) is 5.87. The molecule has 0 fully saturated rings. The minimum atomic E-state index is -0.677. The maximum Gasteiger partial charge on any atom is 0.349 e. The third-order valence-corrected chi connectivity index (χ3v) is 5.12. The molecule has 7 heteroatoms. The lowest BCUT2D eigenvalue weighted by atomic mass is 10.1. The summed E-state index contributed by atoms with van der Waals surface area (Å²) in [6, 6.07) is 16.1. The molecule has 1 N–H and O–H groups in total. The molecule has 27 heavy (non-hydrogen) atoms. The van der Waals surface area contributed by atoms with E-state index in [1.54, 1.807) is 24.4 Å². The fourth-order valence-corrected chi connectivity index (χ4v) is 3.60. The topological polar surface area (TPSA) is 72.2 Å². The molecule has 2 heterocycles. The number of benzene rings is 2. The summed E-state index contributed by atoms with van der Waals surface area (Å²) in [5, 5.41) is 4.46. The molecular weight excluding hydrogens is 384 g/mol. The Morgan fingerprint density at radius 3 is 2.74 bits per heavy atom. The smallest absolute Gasteiger partial charge is 0.349 e. The predicted octanol–water partition coefficient (Wildman–Crippen LogP) is 4.75. The van der Waals surface area contributed by atoms with Gasteiger partial charge in [0.25, 0.3) is 5.91 Å². The quantitative estimate of drug-likeness (QED) is 0.505. The number of anilines is 1. The van der Waals surface area contributed by atoms with Crippen molar-refractivity contribution in [2.45, 2.75) is 6.42 Å². The lowest BCUT2D eigenvalue weighted by Gasteiger charge is -2.02. The molecule has 0 radical (unpaired) electrons. The van der Waals surface area contributed by atoms with Crippen LogP contribution in [0.5, 0.6) is 0 Å². The summed E-state index contributed by atoms with van der Waals surface area (Å²) in [5.41, 5.74) is 0.807. The van der Waals surface area contributed by atoms with E-state index >= 15 is 0 Å². The molecule has 0 atom stereocenters. The van der Waals surface area contributed by atoms with E-state index in [-0.39, 0.29) is 5.56 Å². The normalized spacial score (nSPS) is 10.9. The standard InChI is InChI=1S/C20H13ClN2O3S/c21-14-7-5-12(6-8-14)9-15-11-22-20(27-15)23-18(24)16-10-13-3-1-2-4-17(13)26-19(16)25/h1-8,10-11H,9H2,(H,22,23,24). The van der Waals surface area contributed by atoms with E-state index in [1.165, 1.54) is 17.4 Å². The van der Waals surface area contributed by atoms with Gasteiger partial charge in [-0.05, 0) is 29.8 Å². The Hall–Kier alpha value is -2.96. The van der Waals surface area contributed by atoms with Crippen molar-refractivity contribution >= 4 is 44.9 Å². The van der Waals surface area contributed by atoms with Crippen LogP contribution in [0, 0.1) is 0 Å². The van der Waals surface area contributed by atoms with Gasteiger partial charge in [0, 0.05) is 27.9 Å². The zero-order valence-electron chi connectivity index (χ0n) is 13.9. The van der Waals surface area contributed by atoms with Gasteiger partial charge < -0.3 is 4.42 Å². The summed E-state index contributed by atoms with van der Waals surface area (Å²) < 4.78 is 5.20. The Labute approximate surface area is 163 Å². The molecule has 0 bridgehead atoms. The molecule has 134 valence electrons. The van der Waals surface area contributed by atoms with Crippen LogP contribution in [0.2, 0.25) is 5.02 Å². The Balaban J connectivity index is 1.52. The third-order valence-electron chi connectivity index (χ3n) is 3.95. The van der Waals surface area contributed by atoms with Crippen LogP contribution < -0.4 is 10.9 Å². The van der Waals surface area contributed by atoms with Crippen LogP contribution in [-0.4, -0.2) is 10.9 Å². The molecule has 4 aromatic rings. The summed E-state index contributed by atoms with van der Waals surface area (Å²) >= 11 is 7.25. The molecule has 4 rings (SSSR count). The van der Waals surface area contributed by atoms with Crippen molar-refractivity contribution in [1.29, 1.82) is 0 Å². The van der Waals surface area contributed by atoms with Gasteiger partial charge in [0.2, 0.25) is 0 Å². The molecule has 5 nitrogen and oxygen atoms in total. The molecule has 0 spiro atoms. The van der Waals surface area contributed by atoms with E-state index < -0.39 is 11.5 Å². The maximum atomic E-state index is 12.5. The Bertz CT molecular complexity index is 1180. The highest BCUT2D eigenvalue weighted by molar-refractivity contribution is 7.15. The van der Waals surface area contributed by atoms with Crippen molar-refractivity contribution in [2.75, 3.05) is 5.32 Å². The highest BCUT2D eigenvalue weighted by Gasteiger charge is 2.15. The molecule has 0 aliphatic rings. The summed E-state index contributed by atoms with van der Waals surface area (Å²) in [7, 11) is 0. The van der Waals surface area contributed by atoms with Gasteiger partial charge in [-0.1, -0.05) is 41.9 Å². The number of halogens is 1. The van der Waals surface area contributed by atoms with Crippen LogP contribution in [0.1, 0.15) is 20.8 Å². The number of carbonyl (C=O) groups is 1. The number of rotatable bonds is 4. The molecule has 0 saturated carbocycles. The molecule has 2 aromatic carbocycles. The van der Waals surface area contributed by atoms with Gasteiger partial charge in [-0.3, -0.25) is 10.1 Å². The fourth-order valence-electron chi connectivity index (χ4n) is 2.64. The van der Waals surface area contributed by atoms with Crippen LogP contribution >= 0.6 is 22.9 Å². The van der Waals surface area contributed by atoms with Gasteiger partial charge in [-0.25, -0.2) is 9.78 Å². The Morgan fingerprint density at radius 1 is 1.15 bits per heavy atom. The minimum absolute atomic E-state index is 0.0526. The summed E-state index contributed by atoms with van der Waals surface area (Å²) in [6.07, 6.45) is 2.39. The van der Waals surface area contributed by atoms with Crippen molar-refractivity contribution < 1.29 is 9.21 Å². The number of amides is 1. The molecular formula is C20H13ClN2O3S. The van der Waals surface area contributed by atoms with Gasteiger partial charge in [-0.15, -0.1) is 11.3 Å². The van der Waals surface area contributed by atoms with E-state index in [0.717, 1.165) is 10.4 Å². The average molecular weight is 397 g/mol. The van der Waals surface area contributed by atoms with Crippen molar-refractivity contribution in [3.8, 4) is 0 Å². The van der Waals surface area contributed by atoms with Gasteiger partial charge in [0.05, 0.1) is 0 Å². The van der Waals surface area contributed by atoms with Crippen LogP contribution in [0.3, 0.4) is 0 Å². The van der Waals surface area contributed by atoms with Gasteiger partial charge >= 0.3 is 5.63 Å². The second kappa shape index (κ2) is 7.34. The van der Waals surface area contributed by atoms with Gasteiger partial charge in [0.15, 0.2) is 5.13 Å².